The van der Waals surface area contributed by atoms with Gasteiger partial charge in [-0.15, -0.1) is 0 Å². The lowest BCUT2D eigenvalue weighted by atomic mass is 9.96. The van der Waals surface area contributed by atoms with Crippen molar-refractivity contribution in [2.75, 3.05) is 19.6 Å². The molecule has 156 valence electrons. The number of primary amides is 1. The molecule has 2 aromatic rings. The Morgan fingerprint density at radius 3 is 2.41 bits per heavy atom. The molecule has 1 amide bonds. The third kappa shape index (κ3) is 4.53. The van der Waals surface area contributed by atoms with E-state index in [0.29, 0.717) is 55.1 Å². The first kappa shape index (κ1) is 21.1. The monoisotopic (exact) mass is 408 g/mol. The van der Waals surface area contributed by atoms with Crippen molar-refractivity contribution in [2.24, 2.45) is 11.7 Å². The van der Waals surface area contributed by atoms with E-state index < -0.39 is 11.7 Å². The number of likely N-dealkylation sites (tertiary alicyclic amines) is 1. The first-order valence-electron chi connectivity index (χ1n) is 9.60. The van der Waals surface area contributed by atoms with Crippen molar-refractivity contribution < 1.29 is 27.7 Å². The van der Waals surface area contributed by atoms with E-state index in [2.05, 4.69) is 0 Å². The van der Waals surface area contributed by atoms with Gasteiger partial charge in [0.2, 0.25) is 11.7 Å². The van der Waals surface area contributed by atoms with E-state index in [9.17, 15) is 22.8 Å². The number of nitrogens with zero attached hydrogens (tertiary/aromatic N) is 1. The van der Waals surface area contributed by atoms with Crippen LogP contribution in [0.25, 0.3) is 5.69 Å². The summed E-state index contributed by atoms with van der Waals surface area (Å²) in [6.45, 7) is 5.21. The summed E-state index contributed by atoms with van der Waals surface area (Å²) in [4.78, 5) is 25.2. The fourth-order valence-corrected chi connectivity index (χ4v) is 4.07. The molecule has 0 radical (unpaired) electrons. The molecule has 0 bridgehead atoms. The predicted octanol–water partition coefficient (Wildman–Crippen LogP) is 2.08. The molecule has 1 fully saturated rings. The number of aryl methyl sites for hydroxylation is 1. The van der Waals surface area contributed by atoms with Crippen molar-refractivity contribution in [3.63, 3.8) is 0 Å². The highest BCUT2D eigenvalue weighted by Gasteiger charge is 2.31. The zero-order chi connectivity index (χ0) is 21.3. The van der Waals surface area contributed by atoms with E-state index in [0.717, 1.165) is 17.0 Å². The molecule has 8 heteroatoms. The number of ketones is 1. The third-order valence-electron chi connectivity index (χ3n) is 5.67. The molecule has 1 aliphatic rings. The Morgan fingerprint density at radius 2 is 1.83 bits per heavy atom. The number of alkyl halides is 3. The number of halogens is 3. The summed E-state index contributed by atoms with van der Waals surface area (Å²) in [6, 6.07) is 6.82. The van der Waals surface area contributed by atoms with Gasteiger partial charge in [-0.3, -0.25) is 9.59 Å². The number of benzene rings is 1. The second kappa shape index (κ2) is 8.02. The highest BCUT2D eigenvalue weighted by Crippen LogP contribution is 2.31. The lowest BCUT2D eigenvalue weighted by molar-refractivity contribution is -0.897. The zero-order valence-corrected chi connectivity index (χ0v) is 16.5. The molecule has 1 aromatic carbocycles. The Hall–Kier alpha value is -2.61. The number of aromatic nitrogens is 1. The normalized spacial score (nSPS) is 19.9. The van der Waals surface area contributed by atoms with Gasteiger partial charge in [0.15, 0.2) is 0 Å². The van der Waals surface area contributed by atoms with Crippen LogP contribution in [0.3, 0.4) is 0 Å². The molecule has 0 aliphatic carbocycles. The van der Waals surface area contributed by atoms with Gasteiger partial charge in [0, 0.05) is 41.4 Å². The number of carbonyl (C=O) groups is 2. The standard InChI is InChI=1S/C21H24F3N3O2/c1-13-10-18(19(28)12-26-8-6-15(7-9-26)20(25)29)14(2)27(13)17-5-3-4-16(11-17)21(22,23)24/h3-5,10-11,15H,6-9,12H2,1-2H3,(H2,25,29)/p+1. The Bertz CT molecular complexity index is 926. The van der Waals surface area contributed by atoms with Crippen LogP contribution in [0.15, 0.2) is 30.3 Å². The summed E-state index contributed by atoms with van der Waals surface area (Å²) in [5.41, 5.74) is 6.84. The minimum absolute atomic E-state index is 0.0520. The molecule has 1 aliphatic heterocycles. The van der Waals surface area contributed by atoms with Crippen LogP contribution in [0, 0.1) is 19.8 Å². The molecule has 29 heavy (non-hydrogen) atoms. The molecule has 3 rings (SSSR count). The number of piperidine rings is 1. The van der Waals surface area contributed by atoms with Crippen LogP contribution in [-0.4, -0.2) is 35.9 Å². The van der Waals surface area contributed by atoms with Gasteiger partial charge >= 0.3 is 6.18 Å². The number of nitrogens with one attached hydrogen (secondary N) is 1. The molecule has 0 atom stereocenters. The van der Waals surface area contributed by atoms with E-state index in [1.807, 2.05) is 0 Å². The third-order valence-corrected chi connectivity index (χ3v) is 5.67. The maximum Gasteiger partial charge on any atom is 0.416 e. The van der Waals surface area contributed by atoms with Crippen molar-refractivity contribution in [1.82, 2.24) is 4.57 Å². The minimum Gasteiger partial charge on any atom is -0.369 e. The SMILES string of the molecule is Cc1cc(C(=O)C[NH+]2CCC(C(N)=O)CC2)c(C)n1-c1cccc(C(F)(F)F)c1. The number of rotatable bonds is 5. The fourth-order valence-electron chi connectivity index (χ4n) is 4.07. The Labute approximate surface area is 167 Å². The summed E-state index contributed by atoms with van der Waals surface area (Å²) in [7, 11) is 0. The van der Waals surface area contributed by atoms with Gasteiger partial charge in [0.1, 0.15) is 6.54 Å². The number of nitrogens with two attached hydrogens (primary N) is 1. The Kier molecular flexibility index (Phi) is 5.84. The van der Waals surface area contributed by atoms with Crippen LogP contribution in [-0.2, 0) is 11.0 Å². The molecule has 2 heterocycles. The number of hydrogen-bond donors (Lipinski definition) is 2. The lowest BCUT2D eigenvalue weighted by Crippen LogP contribution is -3.14. The van der Waals surface area contributed by atoms with Gasteiger partial charge in [-0.25, -0.2) is 0 Å². The van der Waals surface area contributed by atoms with Crippen molar-refractivity contribution in [3.05, 3.63) is 52.8 Å². The molecule has 0 spiro atoms. The summed E-state index contributed by atoms with van der Waals surface area (Å²) in [5, 5.41) is 0. The molecule has 3 N–H and O–H groups in total. The van der Waals surface area contributed by atoms with Crippen LogP contribution in [0.4, 0.5) is 13.2 Å². The van der Waals surface area contributed by atoms with E-state index >= 15 is 0 Å². The van der Waals surface area contributed by atoms with Crippen molar-refractivity contribution in [3.8, 4) is 5.69 Å². The highest BCUT2D eigenvalue weighted by molar-refractivity contribution is 5.98. The van der Waals surface area contributed by atoms with Crippen molar-refractivity contribution in [1.29, 1.82) is 0 Å². The van der Waals surface area contributed by atoms with Gasteiger partial charge in [-0.1, -0.05) is 6.07 Å². The molecule has 0 unspecified atom stereocenters. The molecular formula is C21H25F3N3O2+. The minimum atomic E-state index is -4.43. The van der Waals surface area contributed by atoms with E-state index in [1.165, 1.54) is 6.07 Å². The first-order chi connectivity index (χ1) is 13.6. The van der Waals surface area contributed by atoms with Crippen LogP contribution < -0.4 is 10.6 Å². The van der Waals surface area contributed by atoms with Crippen molar-refractivity contribution in [2.45, 2.75) is 32.9 Å². The van der Waals surface area contributed by atoms with E-state index in [1.54, 1.807) is 30.5 Å². The summed E-state index contributed by atoms with van der Waals surface area (Å²) >= 11 is 0. The summed E-state index contributed by atoms with van der Waals surface area (Å²) in [5.74, 6) is -0.469. The van der Waals surface area contributed by atoms with Gasteiger partial charge in [0.25, 0.3) is 0 Å². The fraction of sp³-hybridized carbons (Fsp3) is 0.429. The molecule has 0 saturated carbocycles. The van der Waals surface area contributed by atoms with Crippen LogP contribution in [0.2, 0.25) is 0 Å². The van der Waals surface area contributed by atoms with E-state index in [-0.39, 0.29) is 17.6 Å². The quantitative estimate of drug-likeness (QED) is 0.744. The van der Waals surface area contributed by atoms with Gasteiger partial charge in [-0.2, -0.15) is 13.2 Å². The number of quaternary nitrogens is 1. The molecular weight excluding hydrogens is 383 g/mol. The summed E-state index contributed by atoms with van der Waals surface area (Å²) < 4.78 is 40.9. The molecule has 5 nitrogen and oxygen atoms in total. The molecule has 1 aromatic heterocycles. The Balaban J connectivity index is 1.79. The van der Waals surface area contributed by atoms with Crippen molar-refractivity contribution >= 4 is 11.7 Å². The van der Waals surface area contributed by atoms with Gasteiger partial charge in [0.05, 0.1) is 18.7 Å². The highest BCUT2D eigenvalue weighted by atomic mass is 19.4. The largest absolute Gasteiger partial charge is 0.416 e. The van der Waals surface area contributed by atoms with Crippen LogP contribution in [0.1, 0.15) is 40.2 Å². The van der Waals surface area contributed by atoms with E-state index in [4.69, 9.17) is 5.73 Å². The first-order valence-corrected chi connectivity index (χ1v) is 9.60. The number of hydrogen-bond acceptors (Lipinski definition) is 2. The average Bonchev–Trinajstić information content (AvgIpc) is 2.96. The topological polar surface area (TPSA) is 69.5 Å². The smallest absolute Gasteiger partial charge is 0.369 e. The zero-order valence-electron chi connectivity index (χ0n) is 16.5. The van der Waals surface area contributed by atoms with Crippen LogP contribution >= 0.6 is 0 Å². The lowest BCUT2D eigenvalue weighted by Gasteiger charge is -2.27. The van der Waals surface area contributed by atoms with Gasteiger partial charge in [-0.05, 0) is 38.1 Å². The van der Waals surface area contributed by atoms with Crippen LogP contribution in [0.5, 0.6) is 0 Å². The van der Waals surface area contributed by atoms with Gasteiger partial charge < -0.3 is 15.2 Å². The maximum atomic E-state index is 13.1. The number of carbonyl (C=O) groups excluding carboxylic acids is 2. The predicted molar refractivity (Wildman–Crippen MR) is 102 cm³/mol. The maximum absolute atomic E-state index is 13.1. The second-order valence-electron chi connectivity index (χ2n) is 7.69. The number of amides is 1. The Morgan fingerprint density at radius 1 is 1.17 bits per heavy atom. The molecule has 1 saturated heterocycles. The number of Topliss-reactive ketones (excluding diaryl/α,β-unsaturated/α-hetero) is 1. The second-order valence-corrected chi connectivity index (χ2v) is 7.69. The average molecular weight is 408 g/mol. The summed E-state index contributed by atoms with van der Waals surface area (Å²) in [6.07, 6.45) is -3.09.